The molecule has 0 spiro atoms. The van der Waals surface area contributed by atoms with Crippen LogP contribution in [0.1, 0.15) is 38.9 Å². The van der Waals surface area contributed by atoms with Crippen molar-refractivity contribution in [3.8, 4) is 0 Å². The highest BCUT2D eigenvalue weighted by atomic mass is 16.7. The highest BCUT2D eigenvalue weighted by Crippen LogP contribution is 2.32. The molecule has 1 atom stereocenters. The Morgan fingerprint density at radius 1 is 1.62 bits per heavy atom. The minimum Gasteiger partial charge on any atom is -0.280 e. The van der Waals surface area contributed by atoms with Crippen molar-refractivity contribution in [2.24, 2.45) is 5.41 Å². The quantitative estimate of drug-likeness (QED) is 0.787. The van der Waals surface area contributed by atoms with Crippen LogP contribution in [0.25, 0.3) is 0 Å². The van der Waals surface area contributed by atoms with Crippen LogP contribution < -0.4 is 0 Å². The zero-order valence-corrected chi connectivity index (χ0v) is 9.86. The van der Waals surface area contributed by atoms with E-state index in [9.17, 15) is 4.79 Å². The number of hydroxylamine groups is 2. The first-order chi connectivity index (χ1) is 7.50. The van der Waals surface area contributed by atoms with Gasteiger partial charge in [0.15, 0.2) is 0 Å². The summed E-state index contributed by atoms with van der Waals surface area (Å²) in [6.07, 6.45) is 2.50. The predicted octanol–water partition coefficient (Wildman–Crippen LogP) is 1.66. The number of carbonyl (C=O) groups excluding carboxylic acids is 1. The summed E-state index contributed by atoms with van der Waals surface area (Å²) in [6.45, 7) is 6.24. The van der Waals surface area contributed by atoms with E-state index < -0.39 is 5.41 Å². The number of rotatable bonds is 1. The van der Waals surface area contributed by atoms with E-state index in [0.717, 1.165) is 12.1 Å². The van der Waals surface area contributed by atoms with Crippen LogP contribution in [0.3, 0.4) is 0 Å². The first-order valence-corrected chi connectivity index (χ1v) is 5.46. The molecule has 1 saturated heterocycles. The lowest BCUT2D eigenvalue weighted by Crippen LogP contribution is -2.38. The van der Waals surface area contributed by atoms with Crippen molar-refractivity contribution < 1.29 is 9.63 Å². The van der Waals surface area contributed by atoms with Crippen molar-refractivity contribution in [1.29, 1.82) is 0 Å². The summed E-state index contributed by atoms with van der Waals surface area (Å²) in [5, 5.41) is 8.28. The normalized spacial score (nSPS) is 21.4. The maximum absolute atomic E-state index is 12.1. The van der Waals surface area contributed by atoms with Crippen molar-refractivity contribution in [1.82, 2.24) is 15.3 Å². The Morgan fingerprint density at radius 2 is 2.38 bits per heavy atom. The number of amides is 1. The summed E-state index contributed by atoms with van der Waals surface area (Å²) >= 11 is 0. The predicted molar refractivity (Wildman–Crippen MR) is 58.2 cm³/mol. The molecule has 1 aliphatic rings. The fourth-order valence-corrected chi connectivity index (χ4v) is 1.73. The van der Waals surface area contributed by atoms with E-state index in [1.807, 2.05) is 26.8 Å². The minimum absolute atomic E-state index is 0.00426. The van der Waals surface area contributed by atoms with Gasteiger partial charge in [0.05, 0.1) is 12.3 Å². The molecule has 16 heavy (non-hydrogen) atoms. The van der Waals surface area contributed by atoms with E-state index in [2.05, 4.69) is 10.2 Å². The minimum atomic E-state index is -0.428. The molecule has 0 bridgehead atoms. The zero-order chi connectivity index (χ0) is 11.8. The van der Waals surface area contributed by atoms with Gasteiger partial charge >= 0.3 is 0 Å². The van der Waals surface area contributed by atoms with Gasteiger partial charge in [-0.3, -0.25) is 14.7 Å². The molecule has 2 heterocycles. The summed E-state index contributed by atoms with van der Waals surface area (Å²) in [6, 6.07) is 1.84. The van der Waals surface area contributed by atoms with Gasteiger partial charge in [0, 0.05) is 18.0 Å². The third-order valence-electron chi connectivity index (χ3n) is 2.63. The van der Waals surface area contributed by atoms with Gasteiger partial charge < -0.3 is 0 Å². The van der Waals surface area contributed by atoms with E-state index in [1.165, 1.54) is 5.06 Å². The lowest BCUT2D eigenvalue weighted by molar-refractivity contribution is -0.186. The molecule has 1 aliphatic heterocycles. The third-order valence-corrected chi connectivity index (χ3v) is 2.63. The molecule has 88 valence electrons. The van der Waals surface area contributed by atoms with Gasteiger partial charge in [-0.05, 0) is 6.07 Å². The maximum Gasteiger partial charge on any atom is 0.252 e. The maximum atomic E-state index is 12.1. The lowest BCUT2D eigenvalue weighted by atomic mass is 9.94. The average molecular weight is 223 g/mol. The Hall–Kier alpha value is -1.36. The molecule has 1 aromatic rings. The Kier molecular flexibility index (Phi) is 2.71. The molecule has 0 aromatic carbocycles. The topological polar surface area (TPSA) is 58.2 Å². The summed E-state index contributed by atoms with van der Waals surface area (Å²) in [7, 11) is 0. The van der Waals surface area contributed by atoms with Gasteiger partial charge in [0.1, 0.15) is 6.04 Å². The average Bonchev–Trinajstić information content (AvgIpc) is 2.85. The van der Waals surface area contributed by atoms with Crippen LogP contribution in [0.4, 0.5) is 0 Å². The second-order valence-corrected chi connectivity index (χ2v) is 5.03. The Labute approximate surface area is 94.7 Å². The van der Waals surface area contributed by atoms with E-state index >= 15 is 0 Å². The molecule has 0 radical (unpaired) electrons. The van der Waals surface area contributed by atoms with Crippen molar-refractivity contribution in [3.63, 3.8) is 0 Å². The summed E-state index contributed by atoms with van der Waals surface area (Å²) in [4.78, 5) is 17.6. The fraction of sp³-hybridized carbons (Fsp3) is 0.636. The number of hydrogen-bond donors (Lipinski definition) is 1. The van der Waals surface area contributed by atoms with E-state index in [4.69, 9.17) is 4.84 Å². The summed E-state index contributed by atoms with van der Waals surface area (Å²) in [5.41, 5.74) is 0.498. The van der Waals surface area contributed by atoms with Crippen molar-refractivity contribution in [2.45, 2.75) is 33.2 Å². The van der Waals surface area contributed by atoms with Gasteiger partial charge in [0.2, 0.25) is 0 Å². The number of aromatic nitrogens is 2. The van der Waals surface area contributed by atoms with E-state index in [0.29, 0.717) is 6.61 Å². The SMILES string of the molecule is CC(C)(C)C(=O)N1OCC[C@H]1c1ccn[nH]1. The molecule has 0 saturated carbocycles. The molecule has 1 amide bonds. The van der Waals surface area contributed by atoms with Gasteiger partial charge in [-0.15, -0.1) is 0 Å². The van der Waals surface area contributed by atoms with Crippen molar-refractivity contribution >= 4 is 5.91 Å². The molecule has 5 nitrogen and oxygen atoms in total. The highest BCUT2D eigenvalue weighted by molar-refractivity contribution is 5.81. The van der Waals surface area contributed by atoms with Crippen LogP contribution in [-0.4, -0.2) is 27.8 Å². The van der Waals surface area contributed by atoms with Crippen LogP contribution >= 0.6 is 0 Å². The Morgan fingerprint density at radius 3 is 2.94 bits per heavy atom. The fourth-order valence-electron chi connectivity index (χ4n) is 1.73. The molecule has 5 heteroatoms. The van der Waals surface area contributed by atoms with Crippen LogP contribution in [0.2, 0.25) is 0 Å². The number of nitrogens with one attached hydrogen (secondary N) is 1. The standard InChI is InChI=1S/C11H17N3O2/c1-11(2,3)10(15)14-9(5-7-16-14)8-4-6-12-13-8/h4,6,9H,5,7H2,1-3H3,(H,12,13)/t9-/m0/s1. The first-order valence-electron chi connectivity index (χ1n) is 5.46. The zero-order valence-electron chi connectivity index (χ0n) is 9.86. The van der Waals surface area contributed by atoms with Crippen molar-refractivity contribution in [3.05, 3.63) is 18.0 Å². The molecular formula is C11H17N3O2. The molecule has 1 aromatic heterocycles. The summed E-state index contributed by atoms with van der Waals surface area (Å²) in [5.74, 6) is 0.00426. The smallest absolute Gasteiger partial charge is 0.252 e. The Bertz CT molecular complexity index is 367. The second kappa shape index (κ2) is 3.90. The van der Waals surface area contributed by atoms with Crippen LogP contribution in [0, 0.1) is 5.41 Å². The molecule has 2 rings (SSSR count). The third kappa shape index (κ3) is 1.95. The van der Waals surface area contributed by atoms with Gasteiger partial charge in [-0.25, -0.2) is 5.06 Å². The van der Waals surface area contributed by atoms with Crippen LogP contribution in [0.15, 0.2) is 12.3 Å². The van der Waals surface area contributed by atoms with E-state index in [1.54, 1.807) is 6.20 Å². The summed E-state index contributed by atoms with van der Waals surface area (Å²) < 4.78 is 0. The molecule has 1 fully saturated rings. The number of carbonyl (C=O) groups is 1. The lowest BCUT2D eigenvalue weighted by Gasteiger charge is -2.28. The van der Waals surface area contributed by atoms with Gasteiger partial charge in [0.25, 0.3) is 5.91 Å². The van der Waals surface area contributed by atoms with Crippen LogP contribution in [-0.2, 0) is 9.63 Å². The molecule has 0 aliphatic carbocycles. The number of nitrogens with zero attached hydrogens (tertiary/aromatic N) is 2. The number of aromatic amines is 1. The van der Waals surface area contributed by atoms with Gasteiger partial charge in [-0.2, -0.15) is 5.10 Å². The largest absolute Gasteiger partial charge is 0.280 e. The molecule has 1 N–H and O–H groups in total. The molecule has 0 unspecified atom stereocenters. The Balaban J connectivity index is 2.19. The first kappa shape index (κ1) is 11.1. The number of hydrogen-bond acceptors (Lipinski definition) is 3. The number of H-pyrrole nitrogens is 1. The van der Waals surface area contributed by atoms with Crippen LogP contribution in [0.5, 0.6) is 0 Å². The van der Waals surface area contributed by atoms with Crippen molar-refractivity contribution in [2.75, 3.05) is 6.61 Å². The molecular weight excluding hydrogens is 206 g/mol. The van der Waals surface area contributed by atoms with Gasteiger partial charge in [-0.1, -0.05) is 20.8 Å². The second-order valence-electron chi connectivity index (χ2n) is 5.03. The van der Waals surface area contributed by atoms with E-state index in [-0.39, 0.29) is 11.9 Å². The highest BCUT2D eigenvalue weighted by Gasteiger charge is 2.37. The monoisotopic (exact) mass is 223 g/mol.